The largest absolute Gasteiger partial charge is 0.507 e. The molecule has 2 aromatic rings. The molecule has 4 N–H and O–H groups in total. The molecule has 8 heteroatoms. The predicted molar refractivity (Wildman–Crippen MR) is 140 cm³/mol. The Morgan fingerprint density at radius 3 is 2.58 bits per heavy atom. The number of methoxy groups -OCH3 is 1. The summed E-state index contributed by atoms with van der Waals surface area (Å²) in [5.74, 6) is 0.333. The number of hydrogen-bond acceptors (Lipinski definition) is 6. The second-order valence-electron chi connectivity index (χ2n) is 9.97. The summed E-state index contributed by atoms with van der Waals surface area (Å²) in [6.07, 6.45) is 3.40. The molecule has 3 rings (SSSR count). The van der Waals surface area contributed by atoms with Crippen molar-refractivity contribution in [3.8, 4) is 11.5 Å². The van der Waals surface area contributed by atoms with Crippen molar-refractivity contribution in [3.63, 3.8) is 0 Å². The lowest BCUT2D eigenvalue weighted by molar-refractivity contribution is -0.126. The van der Waals surface area contributed by atoms with Crippen LogP contribution < -0.4 is 15.4 Å². The summed E-state index contributed by atoms with van der Waals surface area (Å²) in [4.78, 5) is 24.0. The van der Waals surface area contributed by atoms with Gasteiger partial charge in [-0.05, 0) is 48.8 Å². The number of aromatic hydroxyl groups is 1. The third-order valence-electron chi connectivity index (χ3n) is 7.07. The van der Waals surface area contributed by atoms with E-state index in [9.17, 15) is 19.8 Å². The molecule has 3 atom stereocenters. The van der Waals surface area contributed by atoms with Gasteiger partial charge in [0.15, 0.2) is 0 Å². The zero-order chi connectivity index (χ0) is 26.4. The molecular weight excluding hydrogens is 460 g/mol. The maximum atomic E-state index is 12.7. The number of ether oxygens (including phenoxy) is 2. The molecule has 1 aliphatic rings. The van der Waals surface area contributed by atoms with Gasteiger partial charge in [0, 0.05) is 23.9 Å². The number of hydrogen-bond donors (Lipinski definition) is 4. The van der Waals surface area contributed by atoms with E-state index in [1.54, 1.807) is 18.2 Å². The van der Waals surface area contributed by atoms with E-state index < -0.39 is 5.97 Å². The summed E-state index contributed by atoms with van der Waals surface area (Å²) in [5, 5.41) is 25.6. The third-order valence-corrected chi connectivity index (χ3v) is 7.07. The van der Waals surface area contributed by atoms with Gasteiger partial charge in [0.1, 0.15) is 23.7 Å². The first-order valence-electron chi connectivity index (χ1n) is 12.5. The number of aromatic carboxylic acids is 1. The van der Waals surface area contributed by atoms with Crippen molar-refractivity contribution in [1.82, 2.24) is 0 Å². The molecule has 0 spiro atoms. The Morgan fingerprint density at radius 2 is 1.92 bits per heavy atom. The fourth-order valence-corrected chi connectivity index (χ4v) is 5.28. The normalized spacial score (nSPS) is 19.7. The Labute approximate surface area is 213 Å². The number of carbonyl (C=O) groups is 2. The molecule has 36 heavy (non-hydrogen) atoms. The van der Waals surface area contributed by atoms with E-state index in [0.717, 1.165) is 24.1 Å². The van der Waals surface area contributed by atoms with Gasteiger partial charge in [-0.1, -0.05) is 45.7 Å². The summed E-state index contributed by atoms with van der Waals surface area (Å²) in [7, 11) is 1.53. The molecule has 1 aliphatic carbocycles. The van der Waals surface area contributed by atoms with Gasteiger partial charge in [-0.2, -0.15) is 0 Å². The summed E-state index contributed by atoms with van der Waals surface area (Å²) in [6.45, 7) is 8.80. The standard InChI is InChI=1S/C28H38N2O6/c1-16(2)26-17(3)8-6-11-23(26)36-15-25(31)30-22-12-18(4)21(13-24(22)35-5)29-14-19-9-7-10-20(27(19)32)28(33)34/h7,9-10,12-13,16-17,23,26,29,32H,6,8,11,14-15H2,1-5H3,(H,30,31)(H,33,34). The number of phenols is 1. The van der Waals surface area contributed by atoms with E-state index in [-0.39, 0.29) is 36.5 Å². The lowest BCUT2D eigenvalue weighted by Crippen LogP contribution is -2.38. The summed E-state index contributed by atoms with van der Waals surface area (Å²) < 4.78 is 11.6. The number of nitrogens with one attached hydrogen (secondary N) is 2. The van der Waals surface area contributed by atoms with Crippen LogP contribution in [-0.2, 0) is 16.1 Å². The molecule has 0 bridgehead atoms. The van der Waals surface area contributed by atoms with Crippen molar-refractivity contribution in [1.29, 1.82) is 0 Å². The molecule has 2 aromatic carbocycles. The Balaban J connectivity index is 1.65. The molecular formula is C28H38N2O6. The molecule has 1 fully saturated rings. The first-order chi connectivity index (χ1) is 17.1. The van der Waals surface area contributed by atoms with Gasteiger partial charge in [0.05, 0.1) is 18.9 Å². The second-order valence-corrected chi connectivity index (χ2v) is 9.97. The number of carboxylic acids is 1. The van der Waals surface area contributed by atoms with Crippen LogP contribution in [0, 0.1) is 24.7 Å². The molecule has 1 amide bonds. The van der Waals surface area contributed by atoms with Crippen LogP contribution in [0.3, 0.4) is 0 Å². The Hall–Kier alpha value is -3.26. The van der Waals surface area contributed by atoms with E-state index in [4.69, 9.17) is 9.47 Å². The van der Waals surface area contributed by atoms with Gasteiger partial charge < -0.3 is 30.3 Å². The fourth-order valence-electron chi connectivity index (χ4n) is 5.28. The first-order valence-corrected chi connectivity index (χ1v) is 12.5. The second kappa shape index (κ2) is 12.1. The number of carbonyl (C=O) groups excluding carboxylic acids is 1. The van der Waals surface area contributed by atoms with Crippen LogP contribution in [-0.4, -0.2) is 41.9 Å². The quantitative estimate of drug-likeness (QED) is 0.345. The highest BCUT2D eigenvalue weighted by Crippen LogP contribution is 2.37. The van der Waals surface area contributed by atoms with Gasteiger partial charge in [-0.25, -0.2) is 4.79 Å². The van der Waals surface area contributed by atoms with E-state index in [1.165, 1.54) is 19.6 Å². The Bertz CT molecular complexity index is 1080. The monoisotopic (exact) mass is 498 g/mol. The zero-order valence-corrected chi connectivity index (χ0v) is 21.8. The third kappa shape index (κ3) is 6.49. The first kappa shape index (κ1) is 27.3. The number of benzene rings is 2. The van der Waals surface area contributed by atoms with E-state index in [1.807, 2.05) is 13.0 Å². The molecule has 0 saturated heterocycles. The minimum absolute atomic E-state index is 0.0119. The van der Waals surface area contributed by atoms with Crippen LogP contribution in [0.1, 0.15) is 61.5 Å². The average Bonchev–Trinajstić information content (AvgIpc) is 2.82. The van der Waals surface area contributed by atoms with Crippen molar-refractivity contribution in [2.24, 2.45) is 17.8 Å². The molecule has 196 valence electrons. The van der Waals surface area contributed by atoms with Crippen LogP contribution in [0.2, 0.25) is 0 Å². The van der Waals surface area contributed by atoms with Crippen molar-refractivity contribution >= 4 is 23.3 Å². The lowest BCUT2D eigenvalue weighted by atomic mass is 9.72. The van der Waals surface area contributed by atoms with Crippen LogP contribution in [0.4, 0.5) is 11.4 Å². The van der Waals surface area contributed by atoms with Gasteiger partial charge >= 0.3 is 5.97 Å². The maximum Gasteiger partial charge on any atom is 0.339 e. The van der Waals surface area contributed by atoms with E-state index >= 15 is 0 Å². The fraction of sp³-hybridized carbons (Fsp3) is 0.500. The predicted octanol–water partition coefficient (Wildman–Crippen LogP) is 5.44. The smallest absolute Gasteiger partial charge is 0.339 e. The molecule has 0 heterocycles. The van der Waals surface area contributed by atoms with Gasteiger partial charge in [0.2, 0.25) is 5.91 Å². The van der Waals surface area contributed by atoms with Gasteiger partial charge in [0.25, 0.3) is 0 Å². The summed E-state index contributed by atoms with van der Waals surface area (Å²) in [5.41, 5.74) is 2.44. The molecule has 0 aliphatic heterocycles. The maximum absolute atomic E-state index is 12.7. The Morgan fingerprint density at radius 1 is 1.17 bits per heavy atom. The van der Waals surface area contributed by atoms with Crippen molar-refractivity contribution in [3.05, 3.63) is 47.0 Å². The van der Waals surface area contributed by atoms with Crippen LogP contribution in [0.25, 0.3) is 0 Å². The highest BCUT2D eigenvalue weighted by Gasteiger charge is 2.33. The van der Waals surface area contributed by atoms with Crippen LogP contribution in [0.15, 0.2) is 30.3 Å². The molecule has 8 nitrogen and oxygen atoms in total. The van der Waals surface area contributed by atoms with Gasteiger partial charge in [-0.15, -0.1) is 0 Å². The zero-order valence-electron chi connectivity index (χ0n) is 21.8. The average molecular weight is 499 g/mol. The minimum atomic E-state index is -1.19. The molecule has 0 aromatic heterocycles. The van der Waals surface area contributed by atoms with E-state index in [2.05, 4.69) is 31.4 Å². The number of anilines is 2. The number of para-hydroxylation sites is 1. The van der Waals surface area contributed by atoms with Crippen molar-refractivity contribution in [2.75, 3.05) is 24.4 Å². The Kier molecular flexibility index (Phi) is 9.20. The van der Waals surface area contributed by atoms with Gasteiger partial charge in [-0.3, -0.25) is 4.79 Å². The SMILES string of the molecule is COc1cc(NCc2cccc(C(=O)O)c2O)c(C)cc1NC(=O)COC1CCCC(C)C1C(C)C. The van der Waals surface area contributed by atoms with Crippen molar-refractivity contribution < 1.29 is 29.3 Å². The number of rotatable bonds is 10. The summed E-state index contributed by atoms with van der Waals surface area (Å²) in [6, 6.07) is 8.18. The number of amides is 1. The van der Waals surface area contributed by atoms with Crippen LogP contribution in [0.5, 0.6) is 11.5 Å². The van der Waals surface area contributed by atoms with Crippen LogP contribution >= 0.6 is 0 Å². The highest BCUT2D eigenvalue weighted by molar-refractivity contribution is 5.94. The molecule has 3 unspecified atom stereocenters. The van der Waals surface area contributed by atoms with E-state index in [0.29, 0.717) is 34.8 Å². The molecule has 1 saturated carbocycles. The highest BCUT2D eigenvalue weighted by atomic mass is 16.5. The number of carboxylic acid groups (broad SMARTS) is 1. The topological polar surface area (TPSA) is 117 Å². The van der Waals surface area contributed by atoms with Crippen molar-refractivity contribution in [2.45, 2.75) is 59.6 Å². The number of aryl methyl sites for hydroxylation is 1. The minimum Gasteiger partial charge on any atom is -0.507 e. The molecule has 0 radical (unpaired) electrons. The summed E-state index contributed by atoms with van der Waals surface area (Å²) >= 11 is 0. The lowest BCUT2D eigenvalue weighted by Gasteiger charge is -2.38.